The van der Waals surface area contributed by atoms with Crippen LogP contribution in [-0.2, 0) is 14.3 Å². The molecule has 1 amide bonds. The molecule has 98 valence electrons. The fourth-order valence-corrected chi connectivity index (χ4v) is 1.98. The number of nitrogens with zero attached hydrogens (tertiary/aromatic N) is 1. The van der Waals surface area contributed by atoms with E-state index >= 15 is 0 Å². The summed E-state index contributed by atoms with van der Waals surface area (Å²) in [6.45, 7) is 5.38. The second-order valence-electron chi connectivity index (χ2n) is 4.30. The van der Waals surface area contributed by atoms with Gasteiger partial charge < -0.3 is 14.7 Å². The van der Waals surface area contributed by atoms with E-state index in [9.17, 15) is 9.59 Å². The van der Waals surface area contributed by atoms with Crippen LogP contribution in [0.5, 0.6) is 0 Å². The first-order valence-corrected chi connectivity index (χ1v) is 6.27. The van der Waals surface area contributed by atoms with Crippen LogP contribution in [0.1, 0.15) is 39.5 Å². The smallest absolute Gasteiger partial charge is 0.332 e. The first-order valence-electron chi connectivity index (χ1n) is 6.27. The molecule has 1 aliphatic rings. The van der Waals surface area contributed by atoms with Gasteiger partial charge in [-0.3, -0.25) is 4.79 Å². The predicted molar refractivity (Wildman–Crippen MR) is 62.7 cm³/mol. The minimum atomic E-state index is -0.975. The first kappa shape index (κ1) is 14.0. The van der Waals surface area contributed by atoms with Gasteiger partial charge in [0.05, 0.1) is 0 Å². The average Bonchev–Trinajstić information content (AvgIpc) is 2.79. The van der Waals surface area contributed by atoms with E-state index in [4.69, 9.17) is 9.84 Å². The van der Waals surface area contributed by atoms with Crippen LogP contribution in [0.3, 0.4) is 0 Å². The maximum atomic E-state index is 12.1. The Bertz CT molecular complexity index is 280. The first-order chi connectivity index (χ1) is 8.10. The summed E-state index contributed by atoms with van der Waals surface area (Å²) in [5.74, 6) is -1.04. The molecule has 1 heterocycles. The number of amides is 1. The number of carboxylic acids is 1. The van der Waals surface area contributed by atoms with Crippen molar-refractivity contribution in [1.82, 2.24) is 4.90 Å². The third-order valence-electron chi connectivity index (χ3n) is 3.05. The molecule has 1 fully saturated rings. The Morgan fingerprint density at radius 2 is 1.94 bits per heavy atom. The number of carbonyl (C=O) groups is 2. The molecule has 2 unspecified atom stereocenters. The molecule has 0 bridgehead atoms. The zero-order chi connectivity index (χ0) is 12.8. The summed E-state index contributed by atoms with van der Waals surface area (Å²) < 4.78 is 5.26. The van der Waals surface area contributed by atoms with Crippen LogP contribution in [0.2, 0.25) is 0 Å². The highest BCUT2D eigenvalue weighted by Crippen LogP contribution is 2.21. The van der Waals surface area contributed by atoms with Crippen molar-refractivity contribution in [2.75, 3.05) is 13.1 Å². The number of unbranched alkanes of at least 4 members (excludes halogenated alkanes) is 1. The Kier molecular flexibility index (Phi) is 5.41. The topological polar surface area (TPSA) is 66.8 Å². The largest absolute Gasteiger partial charge is 0.479 e. The van der Waals surface area contributed by atoms with Gasteiger partial charge in [-0.25, -0.2) is 4.79 Å². The maximum absolute atomic E-state index is 12.1. The molecule has 0 aromatic heterocycles. The van der Waals surface area contributed by atoms with Crippen LogP contribution < -0.4 is 0 Å². The van der Waals surface area contributed by atoms with Crippen molar-refractivity contribution in [1.29, 1.82) is 0 Å². The lowest BCUT2D eigenvalue weighted by atomic mass is 10.1. The van der Waals surface area contributed by atoms with E-state index < -0.39 is 18.2 Å². The summed E-state index contributed by atoms with van der Waals surface area (Å²) in [6.07, 6.45) is 1.57. The maximum Gasteiger partial charge on any atom is 0.332 e. The van der Waals surface area contributed by atoms with Crippen LogP contribution in [-0.4, -0.2) is 47.2 Å². The number of carboxylic acid groups (broad SMARTS) is 1. The molecule has 0 aliphatic carbocycles. The minimum absolute atomic E-state index is 0.0651. The number of ether oxygens (including phenoxy) is 1. The summed E-state index contributed by atoms with van der Waals surface area (Å²) in [4.78, 5) is 24.5. The van der Waals surface area contributed by atoms with Crippen molar-refractivity contribution in [2.45, 2.75) is 51.7 Å². The molecule has 0 saturated carbocycles. The summed E-state index contributed by atoms with van der Waals surface area (Å²) in [5, 5.41) is 8.80. The molecule has 5 heteroatoms. The zero-order valence-corrected chi connectivity index (χ0v) is 10.5. The van der Waals surface area contributed by atoms with E-state index in [1.165, 1.54) is 0 Å². The lowest BCUT2D eigenvalue weighted by Gasteiger charge is -2.23. The Hall–Kier alpha value is -1.10. The van der Waals surface area contributed by atoms with Crippen LogP contribution in [0.4, 0.5) is 0 Å². The Balaban J connectivity index is 2.49. The quantitative estimate of drug-likeness (QED) is 0.762. The second kappa shape index (κ2) is 6.59. The molecular weight excluding hydrogens is 222 g/mol. The third kappa shape index (κ3) is 3.70. The van der Waals surface area contributed by atoms with Gasteiger partial charge in [0.25, 0.3) is 5.91 Å². The SMILES string of the molecule is CCCCN(CC)C(=O)C1CCC(C(=O)O)O1. The van der Waals surface area contributed by atoms with E-state index in [1.807, 2.05) is 6.92 Å². The molecule has 0 spiro atoms. The molecule has 1 N–H and O–H groups in total. The minimum Gasteiger partial charge on any atom is -0.479 e. The molecule has 5 nitrogen and oxygen atoms in total. The summed E-state index contributed by atoms with van der Waals surface area (Å²) in [5.41, 5.74) is 0. The Morgan fingerprint density at radius 3 is 2.41 bits per heavy atom. The van der Waals surface area contributed by atoms with Gasteiger partial charge in [0.1, 0.15) is 6.10 Å². The number of aliphatic carboxylic acids is 1. The van der Waals surface area contributed by atoms with E-state index in [1.54, 1.807) is 4.90 Å². The number of rotatable bonds is 6. The normalized spacial score (nSPS) is 23.6. The van der Waals surface area contributed by atoms with Gasteiger partial charge in [-0.1, -0.05) is 13.3 Å². The van der Waals surface area contributed by atoms with E-state index in [0.29, 0.717) is 19.4 Å². The monoisotopic (exact) mass is 243 g/mol. The standard InChI is InChI=1S/C12H21NO4/c1-3-5-8-13(4-2)11(14)9-6-7-10(17-9)12(15)16/h9-10H,3-8H2,1-2H3,(H,15,16). The summed E-state index contributed by atoms with van der Waals surface area (Å²) in [6, 6.07) is 0. The van der Waals surface area contributed by atoms with Crippen molar-refractivity contribution >= 4 is 11.9 Å². The molecule has 1 saturated heterocycles. The zero-order valence-electron chi connectivity index (χ0n) is 10.5. The second-order valence-corrected chi connectivity index (χ2v) is 4.30. The van der Waals surface area contributed by atoms with E-state index in [-0.39, 0.29) is 5.91 Å². The van der Waals surface area contributed by atoms with Gasteiger partial charge in [-0.2, -0.15) is 0 Å². The number of carbonyl (C=O) groups excluding carboxylic acids is 1. The summed E-state index contributed by atoms with van der Waals surface area (Å²) >= 11 is 0. The highest BCUT2D eigenvalue weighted by atomic mass is 16.5. The van der Waals surface area contributed by atoms with Crippen molar-refractivity contribution < 1.29 is 19.4 Å². The molecule has 17 heavy (non-hydrogen) atoms. The third-order valence-corrected chi connectivity index (χ3v) is 3.05. The fraction of sp³-hybridized carbons (Fsp3) is 0.833. The summed E-state index contributed by atoms with van der Waals surface area (Å²) in [7, 11) is 0. The van der Waals surface area contributed by atoms with Crippen molar-refractivity contribution in [3.8, 4) is 0 Å². The van der Waals surface area contributed by atoms with Crippen molar-refractivity contribution in [2.24, 2.45) is 0 Å². The molecule has 1 rings (SSSR count). The molecule has 1 aliphatic heterocycles. The number of hydrogen-bond acceptors (Lipinski definition) is 3. The predicted octanol–water partition coefficient (Wildman–Crippen LogP) is 1.27. The fourth-order valence-electron chi connectivity index (χ4n) is 1.98. The molecule has 0 aromatic carbocycles. The Morgan fingerprint density at radius 1 is 1.29 bits per heavy atom. The van der Waals surface area contributed by atoms with Crippen LogP contribution in [0.15, 0.2) is 0 Å². The van der Waals surface area contributed by atoms with Crippen molar-refractivity contribution in [3.63, 3.8) is 0 Å². The highest BCUT2D eigenvalue weighted by Gasteiger charge is 2.36. The van der Waals surface area contributed by atoms with Crippen LogP contribution >= 0.6 is 0 Å². The number of hydrogen-bond donors (Lipinski definition) is 1. The van der Waals surface area contributed by atoms with E-state index in [2.05, 4.69) is 6.92 Å². The number of likely N-dealkylation sites (N-methyl/N-ethyl adjacent to an activating group) is 1. The molecular formula is C12H21NO4. The highest BCUT2D eigenvalue weighted by molar-refractivity contribution is 5.82. The van der Waals surface area contributed by atoms with E-state index in [0.717, 1.165) is 19.4 Å². The molecule has 0 radical (unpaired) electrons. The lowest BCUT2D eigenvalue weighted by molar-refractivity contribution is -0.154. The van der Waals surface area contributed by atoms with Gasteiger partial charge in [0, 0.05) is 13.1 Å². The van der Waals surface area contributed by atoms with Gasteiger partial charge >= 0.3 is 5.97 Å². The van der Waals surface area contributed by atoms with Gasteiger partial charge in [-0.15, -0.1) is 0 Å². The van der Waals surface area contributed by atoms with Crippen molar-refractivity contribution in [3.05, 3.63) is 0 Å². The molecule has 2 atom stereocenters. The lowest BCUT2D eigenvalue weighted by Crippen LogP contribution is -2.40. The molecule has 0 aromatic rings. The Labute approximate surface area is 102 Å². The van der Waals surface area contributed by atoms with Gasteiger partial charge in [0.15, 0.2) is 6.10 Å². The van der Waals surface area contributed by atoms with Crippen LogP contribution in [0.25, 0.3) is 0 Å². The van der Waals surface area contributed by atoms with Crippen LogP contribution in [0, 0.1) is 0 Å². The van der Waals surface area contributed by atoms with Gasteiger partial charge in [-0.05, 0) is 26.2 Å². The average molecular weight is 243 g/mol. The van der Waals surface area contributed by atoms with Gasteiger partial charge in [0.2, 0.25) is 0 Å².